The molecule has 140 valence electrons. The van der Waals surface area contributed by atoms with Gasteiger partial charge in [-0.1, -0.05) is 48.5 Å². The number of hydrogen-bond donors (Lipinski definition) is 1. The number of aryl methyl sites for hydroxylation is 1. The van der Waals surface area contributed by atoms with Gasteiger partial charge in [0, 0.05) is 16.6 Å². The number of rotatable bonds is 5. The van der Waals surface area contributed by atoms with Gasteiger partial charge in [0.05, 0.1) is 0 Å². The van der Waals surface area contributed by atoms with Gasteiger partial charge in [0.15, 0.2) is 5.76 Å². The minimum atomic E-state index is -0.281. The van der Waals surface area contributed by atoms with Crippen LogP contribution in [0.5, 0.6) is 5.75 Å². The molecular formula is C24H21NO3. The average Bonchev–Trinajstić information content (AvgIpc) is 3.09. The topological polar surface area (TPSA) is 51.5 Å². The Hall–Kier alpha value is -3.53. The molecule has 1 aromatic heterocycles. The highest BCUT2D eigenvalue weighted by Gasteiger charge is 2.21. The van der Waals surface area contributed by atoms with E-state index in [0.717, 1.165) is 33.5 Å². The van der Waals surface area contributed by atoms with E-state index in [4.69, 9.17) is 9.15 Å². The molecule has 4 aromatic rings. The second-order valence-electron chi connectivity index (χ2n) is 6.71. The number of carbonyl (C=O) groups is 1. The summed E-state index contributed by atoms with van der Waals surface area (Å²) in [4.78, 5) is 13.0. The van der Waals surface area contributed by atoms with E-state index in [1.165, 1.54) is 0 Å². The van der Waals surface area contributed by atoms with Crippen molar-refractivity contribution in [3.05, 3.63) is 95.2 Å². The maximum Gasteiger partial charge on any atom is 0.291 e. The van der Waals surface area contributed by atoms with Gasteiger partial charge in [0.25, 0.3) is 5.91 Å². The molecule has 1 N–H and O–H groups in total. The van der Waals surface area contributed by atoms with Crippen LogP contribution in [0.1, 0.15) is 27.2 Å². The fourth-order valence-corrected chi connectivity index (χ4v) is 3.16. The number of fused-ring (bicyclic) bond motifs is 1. The molecule has 3 aromatic carbocycles. The zero-order chi connectivity index (χ0) is 19.5. The first-order valence-electron chi connectivity index (χ1n) is 9.19. The van der Waals surface area contributed by atoms with E-state index in [0.29, 0.717) is 5.58 Å². The fourth-order valence-electron chi connectivity index (χ4n) is 3.16. The summed E-state index contributed by atoms with van der Waals surface area (Å²) in [5, 5.41) is 3.86. The first-order chi connectivity index (χ1) is 13.6. The van der Waals surface area contributed by atoms with Gasteiger partial charge in [-0.2, -0.15) is 0 Å². The van der Waals surface area contributed by atoms with Gasteiger partial charge in [0.2, 0.25) is 0 Å². The van der Waals surface area contributed by atoms with Crippen molar-refractivity contribution in [2.24, 2.45) is 0 Å². The number of carbonyl (C=O) groups excluding carboxylic acids is 1. The molecule has 0 saturated heterocycles. The Morgan fingerprint density at radius 1 is 0.929 bits per heavy atom. The van der Waals surface area contributed by atoms with Gasteiger partial charge < -0.3 is 14.5 Å². The van der Waals surface area contributed by atoms with Crippen molar-refractivity contribution < 1.29 is 13.9 Å². The summed E-state index contributed by atoms with van der Waals surface area (Å²) in [6.07, 6.45) is 0. The second-order valence-corrected chi connectivity index (χ2v) is 6.71. The van der Waals surface area contributed by atoms with Gasteiger partial charge in [-0.05, 0) is 49.2 Å². The first kappa shape index (κ1) is 17.9. The van der Waals surface area contributed by atoms with Crippen LogP contribution in [0.3, 0.4) is 0 Å². The Balaban J connectivity index is 1.67. The molecule has 0 aliphatic heterocycles. The number of ether oxygens (including phenoxy) is 1. The smallest absolute Gasteiger partial charge is 0.291 e. The third-order valence-electron chi connectivity index (χ3n) is 4.88. The summed E-state index contributed by atoms with van der Waals surface area (Å²) in [7, 11) is 0. The number of nitrogens with one attached hydrogen (secondary N) is 1. The fraction of sp³-hybridized carbons (Fsp3) is 0.125. The third kappa shape index (κ3) is 3.49. The monoisotopic (exact) mass is 371 g/mol. The molecule has 1 heterocycles. The maximum atomic E-state index is 13.0. The molecule has 1 amide bonds. The quantitative estimate of drug-likeness (QED) is 0.476. The number of para-hydroxylation sites is 2. The molecule has 0 aliphatic rings. The summed E-state index contributed by atoms with van der Waals surface area (Å²) in [5.74, 6) is 0.739. The maximum absolute atomic E-state index is 13.0. The predicted molar refractivity (Wildman–Crippen MR) is 111 cm³/mol. The Kier molecular flexibility index (Phi) is 4.85. The average molecular weight is 371 g/mol. The molecule has 0 saturated carbocycles. The van der Waals surface area contributed by atoms with Crippen LogP contribution in [0, 0.1) is 13.8 Å². The molecule has 0 radical (unpaired) electrons. The van der Waals surface area contributed by atoms with Crippen molar-refractivity contribution in [2.75, 3.05) is 5.32 Å². The Morgan fingerprint density at radius 2 is 1.68 bits per heavy atom. The van der Waals surface area contributed by atoms with E-state index >= 15 is 0 Å². The molecule has 0 spiro atoms. The zero-order valence-electron chi connectivity index (χ0n) is 15.9. The van der Waals surface area contributed by atoms with Gasteiger partial charge in [-0.25, -0.2) is 0 Å². The van der Waals surface area contributed by atoms with Crippen molar-refractivity contribution >= 4 is 22.6 Å². The summed E-state index contributed by atoms with van der Waals surface area (Å²) < 4.78 is 11.8. The van der Waals surface area contributed by atoms with Crippen molar-refractivity contribution in [1.82, 2.24) is 0 Å². The van der Waals surface area contributed by atoms with Gasteiger partial charge in [-0.3, -0.25) is 4.79 Å². The standard InChI is InChI=1S/C24H21NO3/c1-16-9-8-13-21(17(16)2)25-24(26)23-20(15-27-18-10-4-3-5-11-18)19-12-6-7-14-22(19)28-23/h3-14H,15H2,1-2H3,(H,25,26). The lowest BCUT2D eigenvalue weighted by molar-refractivity contribution is 0.0995. The number of benzene rings is 3. The second kappa shape index (κ2) is 7.61. The van der Waals surface area contributed by atoms with E-state index in [-0.39, 0.29) is 18.3 Å². The molecule has 0 bridgehead atoms. The van der Waals surface area contributed by atoms with Crippen LogP contribution in [0.4, 0.5) is 5.69 Å². The molecule has 28 heavy (non-hydrogen) atoms. The van der Waals surface area contributed by atoms with Crippen LogP contribution < -0.4 is 10.1 Å². The van der Waals surface area contributed by atoms with Gasteiger partial charge >= 0.3 is 0 Å². The van der Waals surface area contributed by atoms with Crippen LogP contribution in [0.15, 0.2) is 77.2 Å². The number of furan rings is 1. The largest absolute Gasteiger partial charge is 0.489 e. The van der Waals surface area contributed by atoms with Gasteiger partial charge in [-0.15, -0.1) is 0 Å². The minimum Gasteiger partial charge on any atom is -0.489 e. The minimum absolute atomic E-state index is 0.247. The van der Waals surface area contributed by atoms with Crippen LogP contribution in [-0.2, 0) is 6.61 Å². The molecule has 0 atom stereocenters. The lowest BCUT2D eigenvalue weighted by Crippen LogP contribution is -2.14. The molecule has 0 unspecified atom stereocenters. The van der Waals surface area contributed by atoms with E-state index in [1.807, 2.05) is 86.6 Å². The number of amides is 1. The molecule has 4 heteroatoms. The Morgan fingerprint density at radius 3 is 2.50 bits per heavy atom. The van der Waals surface area contributed by atoms with Crippen molar-refractivity contribution in [3.8, 4) is 5.75 Å². The van der Waals surface area contributed by atoms with E-state index < -0.39 is 0 Å². The normalized spacial score (nSPS) is 10.8. The summed E-state index contributed by atoms with van der Waals surface area (Å²) >= 11 is 0. The van der Waals surface area contributed by atoms with Crippen LogP contribution >= 0.6 is 0 Å². The molecule has 4 rings (SSSR count). The summed E-state index contributed by atoms with van der Waals surface area (Å²) in [6, 6.07) is 23.0. The third-order valence-corrected chi connectivity index (χ3v) is 4.88. The summed E-state index contributed by atoms with van der Waals surface area (Å²) in [5.41, 5.74) is 4.34. The molecular weight excluding hydrogens is 350 g/mol. The van der Waals surface area contributed by atoms with Crippen molar-refractivity contribution in [3.63, 3.8) is 0 Å². The van der Waals surface area contributed by atoms with Crippen molar-refractivity contribution in [1.29, 1.82) is 0 Å². The SMILES string of the molecule is Cc1cccc(NC(=O)c2oc3ccccc3c2COc2ccccc2)c1C. The van der Waals surface area contributed by atoms with E-state index in [2.05, 4.69) is 5.32 Å². The summed E-state index contributed by atoms with van der Waals surface area (Å²) in [6.45, 7) is 4.25. The molecule has 0 aliphatic carbocycles. The van der Waals surface area contributed by atoms with E-state index in [1.54, 1.807) is 0 Å². The molecule has 0 fully saturated rings. The lowest BCUT2D eigenvalue weighted by Gasteiger charge is -2.10. The van der Waals surface area contributed by atoms with Gasteiger partial charge in [0.1, 0.15) is 17.9 Å². The van der Waals surface area contributed by atoms with Crippen LogP contribution in [0.25, 0.3) is 11.0 Å². The van der Waals surface area contributed by atoms with Crippen LogP contribution in [-0.4, -0.2) is 5.91 Å². The first-order valence-corrected chi connectivity index (χ1v) is 9.19. The van der Waals surface area contributed by atoms with Crippen molar-refractivity contribution in [2.45, 2.75) is 20.5 Å². The highest BCUT2D eigenvalue weighted by atomic mass is 16.5. The number of anilines is 1. The number of hydrogen-bond acceptors (Lipinski definition) is 3. The van der Waals surface area contributed by atoms with Crippen LogP contribution in [0.2, 0.25) is 0 Å². The zero-order valence-corrected chi connectivity index (χ0v) is 15.9. The Bertz CT molecular complexity index is 1130. The van der Waals surface area contributed by atoms with E-state index in [9.17, 15) is 4.79 Å². The highest BCUT2D eigenvalue weighted by molar-refractivity contribution is 6.06. The predicted octanol–water partition coefficient (Wildman–Crippen LogP) is 5.88. The Labute approximate surface area is 163 Å². The lowest BCUT2D eigenvalue weighted by atomic mass is 10.1. The molecule has 4 nitrogen and oxygen atoms in total. The highest BCUT2D eigenvalue weighted by Crippen LogP contribution is 2.28.